The molecule has 6 heteroatoms. The minimum atomic E-state index is -0.780. The van der Waals surface area contributed by atoms with Crippen molar-refractivity contribution < 1.29 is 28.6 Å². The maximum absolute atomic E-state index is 12.8. The molecule has 0 radical (unpaired) electrons. The Morgan fingerprint density at radius 1 is 0.296 bits per heavy atom. The van der Waals surface area contributed by atoms with Gasteiger partial charge in [-0.25, -0.2) is 0 Å². The van der Waals surface area contributed by atoms with Crippen LogP contribution >= 0.6 is 0 Å². The van der Waals surface area contributed by atoms with E-state index in [9.17, 15) is 14.4 Å². The number of esters is 3. The summed E-state index contributed by atoms with van der Waals surface area (Å²) in [6.45, 7) is 6.46. The number of ether oxygens (including phenoxy) is 3. The lowest BCUT2D eigenvalue weighted by molar-refractivity contribution is -0.167. The van der Waals surface area contributed by atoms with Crippen LogP contribution in [-0.2, 0) is 28.6 Å². The molecule has 0 N–H and O–H groups in total. The summed E-state index contributed by atoms with van der Waals surface area (Å²) < 4.78 is 16.8. The number of carbonyl (C=O) groups excluding carboxylic acids is 3. The first-order valence-electron chi connectivity index (χ1n) is 30.4. The van der Waals surface area contributed by atoms with E-state index in [1.54, 1.807) is 0 Å². The fraction of sp³-hybridized carbons (Fsp3) is 0.769. The number of allylic oxidation sites excluding steroid dienone is 12. The van der Waals surface area contributed by atoms with Crippen LogP contribution in [0.5, 0.6) is 0 Å². The van der Waals surface area contributed by atoms with E-state index in [2.05, 4.69) is 93.7 Å². The molecule has 410 valence electrons. The van der Waals surface area contributed by atoms with Gasteiger partial charge < -0.3 is 14.2 Å². The van der Waals surface area contributed by atoms with Crippen LogP contribution in [0, 0.1) is 0 Å². The van der Waals surface area contributed by atoms with Crippen LogP contribution in [0.3, 0.4) is 0 Å². The highest BCUT2D eigenvalue weighted by Gasteiger charge is 2.19. The Morgan fingerprint density at radius 2 is 0.577 bits per heavy atom. The Morgan fingerprint density at radius 3 is 0.930 bits per heavy atom. The van der Waals surface area contributed by atoms with Crippen LogP contribution in [0.1, 0.15) is 303 Å². The molecule has 0 saturated heterocycles. The van der Waals surface area contributed by atoms with Gasteiger partial charge in [0.2, 0.25) is 0 Å². The molecule has 0 spiro atoms. The molecule has 0 heterocycles. The Balaban J connectivity index is 4.14. The fourth-order valence-electron chi connectivity index (χ4n) is 8.61. The van der Waals surface area contributed by atoms with E-state index in [1.165, 1.54) is 154 Å². The van der Waals surface area contributed by atoms with Gasteiger partial charge in [0, 0.05) is 19.3 Å². The van der Waals surface area contributed by atoms with Gasteiger partial charge in [0.15, 0.2) is 6.10 Å². The molecule has 0 bridgehead atoms. The lowest BCUT2D eigenvalue weighted by atomic mass is 10.0. The molecule has 0 aromatic heterocycles. The quantitative estimate of drug-likeness (QED) is 0.0261. The van der Waals surface area contributed by atoms with Crippen LogP contribution < -0.4 is 0 Å². The summed E-state index contributed by atoms with van der Waals surface area (Å²) >= 11 is 0. The zero-order chi connectivity index (χ0) is 51.4. The first kappa shape index (κ1) is 67.8. The first-order chi connectivity index (χ1) is 35.0. The van der Waals surface area contributed by atoms with Crippen molar-refractivity contribution in [1.82, 2.24) is 0 Å². The molecule has 1 unspecified atom stereocenters. The molecule has 0 saturated carbocycles. The molecule has 0 amide bonds. The maximum atomic E-state index is 12.8. The zero-order valence-corrected chi connectivity index (χ0v) is 47.0. The standard InChI is InChI=1S/C65H114O6/c1-4-7-10-13-16-19-22-24-26-27-28-29-30-31-32-33-34-35-36-37-38-39-40-42-43-46-49-52-55-58-64(67)70-61-62(60-69-63(66)57-54-51-48-45-21-18-15-12-9-6-3)71-65(68)59-56-53-50-47-44-41-25-23-20-17-14-11-8-5-2/h7,10,12,15-16,19,23-26,28-29,62H,4-6,8-9,11,13-14,17-18,20-22,27,30-61H2,1-3H3/b10-7-,15-12-,19-16-,25-23-,26-24-,29-28-. The predicted molar refractivity (Wildman–Crippen MR) is 307 cm³/mol. The van der Waals surface area contributed by atoms with E-state index < -0.39 is 6.10 Å². The minimum Gasteiger partial charge on any atom is -0.462 e. The van der Waals surface area contributed by atoms with Gasteiger partial charge in [0.25, 0.3) is 0 Å². The minimum absolute atomic E-state index is 0.0788. The predicted octanol–water partition coefficient (Wildman–Crippen LogP) is 20.5. The van der Waals surface area contributed by atoms with E-state index in [1.807, 2.05) is 0 Å². The summed E-state index contributed by atoms with van der Waals surface area (Å²) in [5.41, 5.74) is 0. The Bertz CT molecular complexity index is 1320. The number of rotatable bonds is 55. The largest absolute Gasteiger partial charge is 0.462 e. The summed E-state index contributed by atoms with van der Waals surface area (Å²) in [6.07, 6.45) is 76.3. The molecule has 0 aromatic carbocycles. The van der Waals surface area contributed by atoms with Gasteiger partial charge >= 0.3 is 17.9 Å². The van der Waals surface area contributed by atoms with E-state index in [4.69, 9.17) is 14.2 Å². The van der Waals surface area contributed by atoms with Crippen LogP contribution in [0.4, 0.5) is 0 Å². The highest BCUT2D eigenvalue weighted by molar-refractivity contribution is 5.71. The van der Waals surface area contributed by atoms with Crippen molar-refractivity contribution in [1.29, 1.82) is 0 Å². The second-order valence-corrected chi connectivity index (χ2v) is 20.2. The van der Waals surface area contributed by atoms with Crippen molar-refractivity contribution >= 4 is 17.9 Å². The third kappa shape index (κ3) is 57.6. The molecule has 1 atom stereocenters. The SMILES string of the molecule is CC/C=C\C/C=C\C/C=C\C/C=C\CCCCCCCCCCCCCCCCCCC(=O)OCC(COC(=O)CCCCCCC/C=C\CCC)OC(=O)CCCCCCC/C=C\CCCCCCC. The molecule has 0 aliphatic rings. The molecular formula is C65H114O6. The smallest absolute Gasteiger partial charge is 0.306 e. The first-order valence-corrected chi connectivity index (χ1v) is 30.4. The van der Waals surface area contributed by atoms with Gasteiger partial charge in [0.05, 0.1) is 0 Å². The van der Waals surface area contributed by atoms with Gasteiger partial charge in [-0.2, -0.15) is 0 Å². The van der Waals surface area contributed by atoms with Crippen LogP contribution in [0.25, 0.3) is 0 Å². The molecule has 6 nitrogen and oxygen atoms in total. The molecule has 71 heavy (non-hydrogen) atoms. The Labute approximate surface area is 440 Å². The van der Waals surface area contributed by atoms with E-state index in [0.717, 1.165) is 109 Å². The van der Waals surface area contributed by atoms with Crippen LogP contribution in [0.2, 0.25) is 0 Å². The van der Waals surface area contributed by atoms with Crippen molar-refractivity contribution in [3.8, 4) is 0 Å². The summed E-state index contributed by atoms with van der Waals surface area (Å²) in [7, 11) is 0. The molecule has 0 fully saturated rings. The molecule has 0 aromatic rings. The molecule has 0 aliphatic heterocycles. The third-order valence-corrected chi connectivity index (χ3v) is 13.1. The second kappa shape index (κ2) is 59.4. The molecule has 0 rings (SSSR count). The summed E-state index contributed by atoms with van der Waals surface area (Å²) in [6, 6.07) is 0. The highest BCUT2D eigenvalue weighted by atomic mass is 16.6. The average Bonchev–Trinajstić information content (AvgIpc) is 3.37. The van der Waals surface area contributed by atoms with Gasteiger partial charge in [-0.1, -0.05) is 254 Å². The monoisotopic (exact) mass is 991 g/mol. The van der Waals surface area contributed by atoms with Gasteiger partial charge in [-0.3, -0.25) is 14.4 Å². The third-order valence-electron chi connectivity index (χ3n) is 13.1. The normalized spacial score (nSPS) is 12.5. The lowest BCUT2D eigenvalue weighted by Crippen LogP contribution is -2.30. The number of unbranched alkanes of at least 4 members (excludes halogenated alkanes) is 32. The Hall–Kier alpha value is -3.15. The zero-order valence-electron chi connectivity index (χ0n) is 47.0. The summed E-state index contributed by atoms with van der Waals surface area (Å²) in [5.74, 6) is -0.889. The summed E-state index contributed by atoms with van der Waals surface area (Å²) in [4.78, 5) is 38.1. The van der Waals surface area contributed by atoms with Crippen molar-refractivity contribution in [2.45, 2.75) is 309 Å². The van der Waals surface area contributed by atoms with Crippen molar-refractivity contribution in [3.63, 3.8) is 0 Å². The van der Waals surface area contributed by atoms with Crippen molar-refractivity contribution in [2.75, 3.05) is 13.2 Å². The van der Waals surface area contributed by atoms with Gasteiger partial charge in [0.1, 0.15) is 13.2 Å². The Kier molecular flexibility index (Phi) is 56.8. The summed E-state index contributed by atoms with van der Waals surface area (Å²) in [5, 5.41) is 0. The number of hydrogen-bond acceptors (Lipinski definition) is 6. The van der Waals surface area contributed by atoms with Crippen molar-refractivity contribution in [3.05, 3.63) is 72.9 Å². The molecule has 0 aliphatic carbocycles. The number of hydrogen-bond donors (Lipinski definition) is 0. The fourth-order valence-corrected chi connectivity index (χ4v) is 8.61. The van der Waals surface area contributed by atoms with Crippen LogP contribution in [-0.4, -0.2) is 37.2 Å². The average molecular weight is 992 g/mol. The van der Waals surface area contributed by atoms with E-state index >= 15 is 0 Å². The van der Waals surface area contributed by atoms with E-state index in [0.29, 0.717) is 19.3 Å². The number of carbonyl (C=O) groups is 3. The maximum Gasteiger partial charge on any atom is 0.306 e. The molecular weight excluding hydrogens is 877 g/mol. The van der Waals surface area contributed by atoms with E-state index in [-0.39, 0.29) is 31.1 Å². The van der Waals surface area contributed by atoms with Crippen molar-refractivity contribution in [2.24, 2.45) is 0 Å². The topological polar surface area (TPSA) is 78.9 Å². The van der Waals surface area contributed by atoms with Gasteiger partial charge in [-0.05, 0) is 103 Å². The highest BCUT2D eigenvalue weighted by Crippen LogP contribution is 2.16. The second-order valence-electron chi connectivity index (χ2n) is 20.2. The lowest BCUT2D eigenvalue weighted by Gasteiger charge is -2.18. The van der Waals surface area contributed by atoms with Gasteiger partial charge in [-0.15, -0.1) is 0 Å². The van der Waals surface area contributed by atoms with Crippen LogP contribution in [0.15, 0.2) is 72.9 Å².